The molecule has 0 atom stereocenters. The van der Waals surface area contributed by atoms with Crippen LogP contribution in [0, 0.1) is 6.92 Å². The quantitative estimate of drug-likeness (QED) is 0.674. The zero-order chi connectivity index (χ0) is 13.5. The summed E-state index contributed by atoms with van der Waals surface area (Å²) in [5, 5.41) is 3.15. The van der Waals surface area contributed by atoms with Crippen LogP contribution < -0.4 is 5.32 Å². The van der Waals surface area contributed by atoms with Gasteiger partial charge in [0, 0.05) is 16.8 Å². The predicted octanol–water partition coefficient (Wildman–Crippen LogP) is 2.71. The van der Waals surface area contributed by atoms with Gasteiger partial charge in [-0.25, -0.2) is 4.79 Å². The highest BCUT2D eigenvalue weighted by Crippen LogP contribution is 2.19. The Labute approximate surface area is 111 Å². The number of hydrogen-bond donors (Lipinski definition) is 1. The second-order valence-electron chi connectivity index (χ2n) is 3.62. The van der Waals surface area contributed by atoms with E-state index in [1.165, 1.54) is 6.08 Å². The van der Waals surface area contributed by atoms with Crippen molar-refractivity contribution in [3.8, 4) is 0 Å². The van der Waals surface area contributed by atoms with E-state index >= 15 is 0 Å². The van der Waals surface area contributed by atoms with Crippen molar-refractivity contribution in [2.75, 3.05) is 11.9 Å². The summed E-state index contributed by atoms with van der Waals surface area (Å²) in [5.74, 6) is -0.956. The molecule has 1 amide bonds. The van der Waals surface area contributed by atoms with Crippen LogP contribution >= 0.6 is 11.6 Å². The number of aryl methyl sites for hydroxylation is 1. The van der Waals surface area contributed by atoms with E-state index in [0.29, 0.717) is 10.7 Å². The van der Waals surface area contributed by atoms with Crippen molar-refractivity contribution in [2.24, 2.45) is 0 Å². The first-order valence-corrected chi connectivity index (χ1v) is 5.76. The Bertz CT molecular complexity index is 483. The minimum absolute atomic E-state index is 0.325. The van der Waals surface area contributed by atoms with Crippen LogP contribution in [0.2, 0.25) is 5.02 Å². The molecule has 0 aliphatic carbocycles. The lowest BCUT2D eigenvalue weighted by molar-refractivity contribution is -0.142. The Balaban J connectivity index is 2.49. The van der Waals surface area contributed by atoms with Crippen LogP contribution in [-0.2, 0) is 14.3 Å². The molecular weight excluding hydrogens is 254 g/mol. The number of carbonyl (C=O) groups excluding carboxylic acids is 2. The van der Waals surface area contributed by atoms with Gasteiger partial charge < -0.3 is 10.1 Å². The van der Waals surface area contributed by atoms with Crippen LogP contribution in [-0.4, -0.2) is 18.5 Å². The van der Waals surface area contributed by atoms with Gasteiger partial charge in [0.1, 0.15) is 0 Å². The van der Waals surface area contributed by atoms with E-state index in [2.05, 4.69) is 5.32 Å². The average molecular weight is 268 g/mol. The van der Waals surface area contributed by atoms with Gasteiger partial charge in [0.15, 0.2) is 6.61 Å². The second kappa shape index (κ2) is 6.81. The molecule has 1 aromatic carbocycles. The molecule has 0 saturated carbocycles. The standard InChI is InChI=1S/C13H14ClNO3/c1-3-4-13(17)18-8-12(16)15-10-6-5-9(2)11(14)7-10/h3-7H,8H2,1-2H3,(H,15,16). The first-order chi connectivity index (χ1) is 8.52. The first-order valence-electron chi connectivity index (χ1n) is 5.38. The van der Waals surface area contributed by atoms with E-state index in [-0.39, 0.29) is 6.61 Å². The number of benzene rings is 1. The highest BCUT2D eigenvalue weighted by molar-refractivity contribution is 6.31. The third-order valence-electron chi connectivity index (χ3n) is 2.10. The average Bonchev–Trinajstić information content (AvgIpc) is 2.32. The first kappa shape index (κ1) is 14.3. The van der Waals surface area contributed by atoms with Crippen molar-refractivity contribution in [2.45, 2.75) is 13.8 Å². The molecule has 1 rings (SSSR count). The Morgan fingerprint density at radius 2 is 2.17 bits per heavy atom. The van der Waals surface area contributed by atoms with Gasteiger partial charge in [0.2, 0.25) is 0 Å². The van der Waals surface area contributed by atoms with Crippen LogP contribution in [0.4, 0.5) is 5.69 Å². The summed E-state index contributed by atoms with van der Waals surface area (Å²) in [6, 6.07) is 5.17. The van der Waals surface area contributed by atoms with Gasteiger partial charge in [0.05, 0.1) is 0 Å². The fraction of sp³-hybridized carbons (Fsp3) is 0.231. The highest BCUT2D eigenvalue weighted by Gasteiger charge is 2.06. The molecule has 0 heterocycles. The molecule has 0 aliphatic rings. The molecule has 0 aromatic heterocycles. The van der Waals surface area contributed by atoms with Crippen molar-refractivity contribution >= 4 is 29.2 Å². The number of ether oxygens (including phenoxy) is 1. The molecule has 5 heteroatoms. The van der Waals surface area contributed by atoms with Gasteiger partial charge in [0.25, 0.3) is 5.91 Å². The van der Waals surface area contributed by atoms with Gasteiger partial charge in [-0.1, -0.05) is 23.7 Å². The minimum Gasteiger partial charge on any atom is -0.452 e. The van der Waals surface area contributed by atoms with Crippen LogP contribution in [0.15, 0.2) is 30.4 Å². The lowest BCUT2D eigenvalue weighted by Crippen LogP contribution is -2.20. The number of nitrogens with one attached hydrogen (secondary N) is 1. The summed E-state index contributed by atoms with van der Waals surface area (Å²) in [5.41, 5.74) is 1.49. The van der Waals surface area contributed by atoms with Crippen molar-refractivity contribution in [1.29, 1.82) is 0 Å². The second-order valence-corrected chi connectivity index (χ2v) is 4.03. The molecular formula is C13H14ClNO3. The smallest absolute Gasteiger partial charge is 0.330 e. The molecule has 0 unspecified atom stereocenters. The molecule has 0 spiro atoms. The summed E-state index contributed by atoms with van der Waals surface area (Å²) in [6.45, 7) is 3.23. The van der Waals surface area contributed by atoms with E-state index in [1.807, 2.05) is 6.92 Å². The molecule has 0 saturated heterocycles. The molecule has 0 radical (unpaired) electrons. The maximum Gasteiger partial charge on any atom is 0.330 e. The number of hydrogen-bond acceptors (Lipinski definition) is 3. The van der Waals surface area contributed by atoms with Crippen molar-refractivity contribution < 1.29 is 14.3 Å². The number of carbonyl (C=O) groups is 2. The molecule has 1 aromatic rings. The van der Waals surface area contributed by atoms with Crippen LogP contribution in [0.3, 0.4) is 0 Å². The number of esters is 1. The number of allylic oxidation sites excluding steroid dienone is 1. The fourth-order valence-electron chi connectivity index (χ4n) is 1.19. The van der Waals surface area contributed by atoms with E-state index in [1.54, 1.807) is 31.2 Å². The maximum atomic E-state index is 11.5. The molecule has 0 fully saturated rings. The largest absolute Gasteiger partial charge is 0.452 e. The number of rotatable bonds is 4. The van der Waals surface area contributed by atoms with E-state index in [4.69, 9.17) is 16.3 Å². The van der Waals surface area contributed by atoms with Gasteiger partial charge in [-0.2, -0.15) is 0 Å². The molecule has 4 nitrogen and oxygen atoms in total. The van der Waals surface area contributed by atoms with Crippen LogP contribution in [0.1, 0.15) is 12.5 Å². The number of halogens is 1. The lowest BCUT2D eigenvalue weighted by atomic mass is 10.2. The third kappa shape index (κ3) is 4.59. The van der Waals surface area contributed by atoms with Crippen LogP contribution in [0.5, 0.6) is 0 Å². The fourth-order valence-corrected chi connectivity index (χ4v) is 1.37. The Kier molecular flexibility index (Phi) is 5.39. The zero-order valence-corrected chi connectivity index (χ0v) is 11.0. The van der Waals surface area contributed by atoms with Crippen molar-refractivity contribution in [3.05, 3.63) is 40.9 Å². The summed E-state index contributed by atoms with van der Waals surface area (Å²) in [6.07, 6.45) is 2.79. The number of amides is 1. The molecule has 96 valence electrons. The lowest BCUT2D eigenvalue weighted by Gasteiger charge is -2.06. The van der Waals surface area contributed by atoms with Crippen LogP contribution in [0.25, 0.3) is 0 Å². The molecule has 18 heavy (non-hydrogen) atoms. The van der Waals surface area contributed by atoms with E-state index in [0.717, 1.165) is 5.56 Å². The molecule has 0 aliphatic heterocycles. The Hall–Kier alpha value is -1.81. The normalized spacial score (nSPS) is 10.4. The highest BCUT2D eigenvalue weighted by atomic mass is 35.5. The molecule has 1 N–H and O–H groups in total. The monoisotopic (exact) mass is 267 g/mol. The van der Waals surface area contributed by atoms with Gasteiger partial charge in [-0.3, -0.25) is 4.79 Å². The summed E-state index contributed by atoms with van der Waals surface area (Å²) in [7, 11) is 0. The SMILES string of the molecule is CC=CC(=O)OCC(=O)Nc1ccc(C)c(Cl)c1. The maximum absolute atomic E-state index is 11.5. The van der Waals surface area contributed by atoms with Gasteiger partial charge >= 0.3 is 5.97 Å². The topological polar surface area (TPSA) is 55.4 Å². The van der Waals surface area contributed by atoms with E-state index < -0.39 is 11.9 Å². The van der Waals surface area contributed by atoms with Crippen molar-refractivity contribution in [3.63, 3.8) is 0 Å². The predicted molar refractivity (Wildman–Crippen MR) is 70.6 cm³/mol. The minimum atomic E-state index is -0.547. The van der Waals surface area contributed by atoms with Gasteiger partial charge in [-0.15, -0.1) is 0 Å². The summed E-state index contributed by atoms with van der Waals surface area (Å²) >= 11 is 5.92. The van der Waals surface area contributed by atoms with Gasteiger partial charge in [-0.05, 0) is 31.5 Å². The third-order valence-corrected chi connectivity index (χ3v) is 2.51. The summed E-state index contributed by atoms with van der Waals surface area (Å²) < 4.78 is 4.70. The Morgan fingerprint density at radius 1 is 1.44 bits per heavy atom. The molecule has 0 bridgehead atoms. The van der Waals surface area contributed by atoms with Crippen molar-refractivity contribution in [1.82, 2.24) is 0 Å². The van der Waals surface area contributed by atoms with E-state index in [9.17, 15) is 9.59 Å². The Morgan fingerprint density at radius 3 is 2.78 bits per heavy atom. The summed E-state index contributed by atoms with van der Waals surface area (Å²) in [4.78, 5) is 22.5. The number of anilines is 1. The zero-order valence-electron chi connectivity index (χ0n) is 10.2.